The largest absolute Gasteiger partial charge is 0.487 e. The van der Waals surface area contributed by atoms with Gasteiger partial charge in [-0.05, 0) is 51.2 Å². The summed E-state index contributed by atoms with van der Waals surface area (Å²) in [4.78, 5) is 24.1. The smallest absolute Gasteiger partial charge is 0.394 e. The van der Waals surface area contributed by atoms with Crippen LogP contribution in [0.4, 0.5) is 13.2 Å². The molecule has 6 rings (SSSR count). The van der Waals surface area contributed by atoms with Crippen molar-refractivity contribution in [3.05, 3.63) is 53.1 Å². The van der Waals surface area contributed by atoms with Crippen LogP contribution in [-0.2, 0) is 4.79 Å². The van der Waals surface area contributed by atoms with Crippen molar-refractivity contribution in [1.82, 2.24) is 14.9 Å². The van der Waals surface area contributed by atoms with Crippen molar-refractivity contribution in [3.8, 4) is 17.6 Å². The first-order chi connectivity index (χ1) is 16.2. The molecule has 0 N–H and O–H groups in total. The van der Waals surface area contributed by atoms with E-state index in [0.29, 0.717) is 37.1 Å². The number of ether oxygens (including phenoxy) is 1. The van der Waals surface area contributed by atoms with Crippen LogP contribution in [0.5, 0.6) is 5.75 Å². The van der Waals surface area contributed by atoms with Gasteiger partial charge in [0.05, 0.1) is 29.0 Å². The van der Waals surface area contributed by atoms with Crippen LogP contribution in [0, 0.1) is 29.6 Å². The lowest BCUT2D eigenvalue weighted by Crippen LogP contribution is -2.41. The highest BCUT2D eigenvalue weighted by Crippen LogP contribution is 2.68. The predicted octanol–water partition coefficient (Wildman–Crippen LogP) is 4.73. The standard InChI is InChI=1S/C26H24F3N3O2/c1-16-2-3-17(11-31-16)4-5-18-12-30-13-20-21-10-19(34-22(18)20)14-32(21)23(33)24-6-8-25(15-24,9-7-24)26(27,28)29/h2-3,11-13,19,21H,6-10,14-15H2,1H3/t19-,21-,24?,25?/m0/s1. The van der Waals surface area contributed by atoms with E-state index in [2.05, 4.69) is 21.8 Å². The van der Waals surface area contributed by atoms with Gasteiger partial charge in [0.2, 0.25) is 5.91 Å². The zero-order chi connectivity index (χ0) is 23.7. The van der Waals surface area contributed by atoms with Gasteiger partial charge in [0.15, 0.2) is 0 Å². The number of rotatable bonds is 1. The zero-order valence-corrected chi connectivity index (χ0v) is 18.8. The molecule has 2 aromatic rings. The number of aromatic nitrogens is 2. The third kappa shape index (κ3) is 3.13. The highest BCUT2D eigenvalue weighted by molar-refractivity contribution is 5.85. The van der Waals surface area contributed by atoms with E-state index in [1.165, 1.54) is 0 Å². The number of amides is 1. The number of pyridine rings is 2. The quantitative estimate of drug-likeness (QED) is 0.569. The Morgan fingerprint density at radius 1 is 1.15 bits per heavy atom. The number of fused-ring (bicyclic) bond motifs is 6. The van der Waals surface area contributed by atoms with Gasteiger partial charge in [-0.3, -0.25) is 14.8 Å². The van der Waals surface area contributed by atoms with Gasteiger partial charge >= 0.3 is 6.18 Å². The molecule has 4 heterocycles. The molecule has 0 radical (unpaired) electrons. The molecule has 34 heavy (non-hydrogen) atoms. The van der Waals surface area contributed by atoms with Gasteiger partial charge in [0.25, 0.3) is 0 Å². The molecule has 8 heteroatoms. The maximum absolute atomic E-state index is 13.8. The minimum Gasteiger partial charge on any atom is -0.487 e. The third-order valence-corrected chi connectivity index (χ3v) is 8.24. The highest BCUT2D eigenvalue weighted by Gasteiger charge is 2.69. The van der Waals surface area contributed by atoms with Crippen LogP contribution in [0.3, 0.4) is 0 Å². The molecule has 1 saturated heterocycles. The van der Waals surface area contributed by atoms with Crippen molar-refractivity contribution in [3.63, 3.8) is 0 Å². The molecule has 4 bridgehead atoms. The Kier molecular flexibility index (Phi) is 4.55. The average molecular weight is 467 g/mol. The van der Waals surface area contributed by atoms with Gasteiger partial charge in [0.1, 0.15) is 11.9 Å². The second-order valence-electron chi connectivity index (χ2n) is 10.2. The van der Waals surface area contributed by atoms with E-state index in [1.807, 2.05) is 19.1 Å². The minimum atomic E-state index is -4.26. The maximum atomic E-state index is 13.8. The van der Waals surface area contributed by atoms with Crippen molar-refractivity contribution in [2.24, 2.45) is 10.8 Å². The first-order valence-electron chi connectivity index (χ1n) is 11.7. The molecule has 0 aromatic carbocycles. The van der Waals surface area contributed by atoms with Crippen LogP contribution >= 0.6 is 0 Å². The summed E-state index contributed by atoms with van der Waals surface area (Å²) in [6, 6.07) is 3.54. The fourth-order valence-corrected chi connectivity index (χ4v) is 6.36. The molecule has 2 aliphatic heterocycles. The lowest BCUT2D eigenvalue weighted by Gasteiger charge is -2.34. The molecule has 0 unspecified atom stereocenters. The summed E-state index contributed by atoms with van der Waals surface area (Å²) in [5.41, 5.74) is 0.500. The molecule has 0 spiro atoms. The van der Waals surface area contributed by atoms with Gasteiger partial charge in [0, 0.05) is 41.8 Å². The van der Waals surface area contributed by atoms with E-state index in [-0.39, 0.29) is 37.3 Å². The lowest BCUT2D eigenvalue weighted by atomic mass is 9.81. The molecule has 5 nitrogen and oxygen atoms in total. The van der Waals surface area contributed by atoms with Crippen LogP contribution in [0.2, 0.25) is 0 Å². The van der Waals surface area contributed by atoms with Gasteiger partial charge in [-0.25, -0.2) is 0 Å². The van der Waals surface area contributed by atoms with E-state index < -0.39 is 17.0 Å². The number of halogens is 3. The fraction of sp³-hybridized carbons (Fsp3) is 0.500. The van der Waals surface area contributed by atoms with Crippen LogP contribution in [0.1, 0.15) is 67.0 Å². The number of nitrogens with zero attached hydrogens (tertiary/aromatic N) is 3. The van der Waals surface area contributed by atoms with Gasteiger partial charge in [-0.15, -0.1) is 0 Å². The second-order valence-corrected chi connectivity index (χ2v) is 10.2. The van der Waals surface area contributed by atoms with Crippen molar-refractivity contribution in [2.75, 3.05) is 6.54 Å². The summed E-state index contributed by atoms with van der Waals surface area (Å²) in [7, 11) is 0. The van der Waals surface area contributed by atoms with Gasteiger partial charge in [-0.1, -0.05) is 11.8 Å². The molecule has 2 atom stereocenters. The van der Waals surface area contributed by atoms with Gasteiger partial charge < -0.3 is 9.64 Å². The summed E-state index contributed by atoms with van der Waals surface area (Å²) in [6.45, 7) is 2.29. The summed E-state index contributed by atoms with van der Waals surface area (Å²) < 4.78 is 47.5. The Hall–Kier alpha value is -3.08. The summed E-state index contributed by atoms with van der Waals surface area (Å²) >= 11 is 0. The normalized spacial score (nSPS) is 31.0. The van der Waals surface area contributed by atoms with E-state index in [4.69, 9.17) is 4.74 Å². The monoisotopic (exact) mass is 467 g/mol. The van der Waals surface area contributed by atoms with E-state index in [9.17, 15) is 18.0 Å². The van der Waals surface area contributed by atoms with Crippen LogP contribution < -0.4 is 4.74 Å². The van der Waals surface area contributed by atoms with Crippen LogP contribution in [0.15, 0.2) is 30.7 Å². The first-order valence-corrected chi connectivity index (χ1v) is 11.7. The lowest BCUT2D eigenvalue weighted by molar-refractivity contribution is -0.220. The average Bonchev–Trinajstić information content (AvgIpc) is 3.50. The summed E-state index contributed by atoms with van der Waals surface area (Å²) in [5, 5.41) is 0. The maximum Gasteiger partial charge on any atom is 0.394 e. The number of hydrogen-bond donors (Lipinski definition) is 0. The van der Waals surface area contributed by atoms with E-state index >= 15 is 0 Å². The Morgan fingerprint density at radius 3 is 2.62 bits per heavy atom. The van der Waals surface area contributed by atoms with Crippen LogP contribution in [0.25, 0.3) is 0 Å². The van der Waals surface area contributed by atoms with Crippen molar-refractivity contribution >= 4 is 5.91 Å². The number of likely N-dealkylation sites (tertiary alicyclic amines) is 1. The van der Waals surface area contributed by atoms with E-state index in [1.54, 1.807) is 23.5 Å². The number of hydrogen-bond acceptors (Lipinski definition) is 4. The fourth-order valence-electron chi connectivity index (χ4n) is 6.36. The first kappa shape index (κ1) is 21.5. The molecular formula is C26H24F3N3O2. The minimum absolute atomic E-state index is 0.0480. The topological polar surface area (TPSA) is 55.3 Å². The molecular weight excluding hydrogens is 443 g/mol. The molecule has 4 aliphatic rings. The SMILES string of the molecule is Cc1ccc(C#Cc2cncc3c2O[C@H]2C[C@@H]3N(C(=O)C34CCC(C(F)(F)F)(CC3)C4)C2)cn1. The van der Waals surface area contributed by atoms with Crippen molar-refractivity contribution in [1.29, 1.82) is 0 Å². The Bertz CT molecular complexity index is 1220. The molecule has 2 aliphatic carbocycles. The molecule has 1 amide bonds. The van der Waals surface area contributed by atoms with E-state index in [0.717, 1.165) is 16.8 Å². The molecule has 176 valence electrons. The second kappa shape index (κ2) is 7.21. The Labute approximate surface area is 195 Å². The Morgan fingerprint density at radius 2 is 1.94 bits per heavy atom. The molecule has 3 fully saturated rings. The summed E-state index contributed by atoms with van der Waals surface area (Å²) in [5.74, 6) is 6.68. The zero-order valence-electron chi connectivity index (χ0n) is 18.8. The molecule has 2 saturated carbocycles. The number of carbonyl (C=O) groups excluding carboxylic acids is 1. The number of alkyl halides is 3. The van der Waals surface area contributed by atoms with Crippen molar-refractivity contribution < 1.29 is 22.7 Å². The highest BCUT2D eigenvalue weighted by atomic mass is 19.4. The molecule has 2 aromatic heterocycles. The number of carbonyl (C=O) groups is 1. The Balaban J connectivity index is 1.29. The summed E-state index contributed by atoms with van der Waals surface area (Å²) in [6.07, 6.45) is 1.85. The predicted molar refractivity (Wildman–Crippen MR) is 117 cm³/mol. The number of aryl methyl sites for hydroxylation is 1. The van der Waals surface area contributed by atoms with Crippen LogP contribution in [-0.4, -0.2) is 39.6 Å². The van der Waals surface area contributed by atoms with Crippen molar-refractivity contribution in [2.45, 2.75) is 63.8 Å². The van der Waals surface area contributed by atoms with Gasteiger partial charge in [-0.2, -0.15) is 13.2 Å². The third-order valence-electron chi connectivity index (χ3n) is 8.24.